The monoisotopic (exact) mass is 188 g/mol. The fourth-order valence-electron chi connectivity index (χ4n) is 0.835. The van der Waals surface area contributed by atoms with Crippen molar-refractivity contribution in [1.29, 1.82) is 0 Å². The maximum absolute atomic E-state index is 11.2. The Morgan fingerprint density at radius 1 is 1.54 bits per heavy atom. The highest BCUT2D eigenvalue weighted by Crippen LogP contribution is 2.15. The van der Waals surface area contributed by atoms with Crippen molar-refractivity contribution in [3.05, 3.63) is 0 Å². The van der Waals surface area contributed by atoms with E-state index < -0.39 is 5.41 Å². The molecule has 0 aliphatic rings. The molecule has 0 saturated heterocycles. The van der Waals surface area contributed by atoms with Crippen LogP contribution in [0.25, 0.3) is 0 Å². The van der Waals surface area contributed by atoms with E-state index in [2.05, 4.69) is 12.3 Å². The maximum atomic E-state index is 11.2. The van der Waals surface area contributed by atoms with E-state index >= 15 is 0 Å². The second kappa shape index (κ2) is 5.94. The summed E-state index contributed by atoms with van der Waals surface area (Å²) in [4.78, 5) is 11.2. The van der Waals surface area contributed by atoms with Crippen LogP contribution in [0, 0.1) is 5.41 Å². The summed E-state index contributed by atoms with van der Waals surface area (Å²) in [5.74, 6) is 4.84. The number of amides is 1. The molecule has 0 unspecified atom stereocenters. The van der Waals surface area contributed by atoms with E-state index in [0.717, 1.165) is 12.8 Å². The fraction of sp³-hybridized carbons (Fsp3) is 0.889. The van der Waals surface area contributed by atoms with Crippen LogP contribution in [0.3, 0.4) is 0 Å². The summed E-state index contributed by atoms with van der Waals surface area (Å²) in [6.07, 6.45) is 2.13. The highest BCUT2D eigenvalue weighted by atomic mass is 16.5. The lowest BCUT2D eigenvalue weighted by Gasteiger charge is -2.21. The highest BCUT2D eigenvalue weighted by molar-refractivity contribution is 5.81. The van der Waals surface area contributed by atoms with E-state index in [1.807, 2.05) is 0 Å². The number of hydrogen-bond acceptors (Lipinski definition) is 3. The van der Waals surface area contributed by atoms with E-state index in [4.69, 9.17) is 10.6 Å². The normalized spacial score (nSPS) is 11.4. The molecule has 0 radical (unpaired) electrons. The van der Waals surface area contributed by atoms with Crippen LogP contribution in [0.2, 0.25) is 0 Å². The van der Waals surface area contributed by atoms with Crippen molar-refractivity contribution in [3.8, 4) is 0 Å². The first-order valence-electron chi connectivity index (χ1n) is 4.63. The van der Waals surface area contributed by atoms with Gasteiger partial charge in [-0.2, -0.15) is 0 Å². The Morgan fingerprint density at radius 3 is 2.62 bits per heavy atom. The molecule has 1 amide bonds. The predicted octanol–water partition coefficient (Wildman–Crippen LogP) is 0.819. The number of rotatable bonds is 6. The van der Waals surface area contributed by atoms with Crippen LogP contribution in [-0.2, 0) is 9.53 Å². The minimum atomic E-state index is -0.539. The summed E-state index contributed by atoms with van der Waals surface area (Å²) >= 11 is 0. The molecule has 4 heteroatoms. The van der Waals surface area contributed by atoms with Gasteiger partial charge in [0, 0.05) is 6.61 Å². The molecule has 0 spiro atoms. The van der Waals surface area contributed by atoms with Gasteiger partial charge in [-0.15, -0.1) is 0 Å². The number of carbonyl (C=O) groups excluding carboxylic acids is 1. The number of hydrogen-bond donors (Lipinski definition) is 2. The molecule has 0 atom stereocenters. The molecule has 0 aromatic heterocycles. The number of nitrogens with one attached hydrogen (secondary N) is 1. The van der Waals surface area contributed by atoms with Gasteiger partial charge >= 0.3 is 0 Å². The first kappa shape index (κ1) is 12.4. The minimum absolute atomic E-state index is 0.191. The molecule has 4 nitrogen and oxygen atoms in total. The largest absolute Gasteiger partial charge is 0.380 e. The summed E-state index contributed by atoms with van der Waals surface area (Å²) in [5.41, 5.74) is 1.59. The fourth-order valence-corrected chi connectivity index (χ4v) is 0.835. The van der Waals surface area contributed by atoms with Gasteiger partial charge in [0.1, 0.15) is 0 Å². The van der Waals surface area contributed by atoms with Gasteiger partial charge in [-0.25, -0.2) is 5.84 Å². The van der Waals surface area contributed by atoms with Gasteiger partial charge in [0.05, 0.1) is 12.0 Å². The first-order chi connectivity index (χ1) is 6.04. The number of nitrogens with two attached hydrogens (primary N) is 1. The zero-order valence-corrected chi connectivity index (χ0v) is 8.72. The van der Waals surface area contributed by atoms with Gasteiger partial charge < -0.3 is 4.74 Å². The first-order valence-corrected chi connectivity index (χ1v) is 4.63. The van der Waals surface area contributed by atoms with E-state index in [-0.39, 0.29) is 5.91 Å². The number of unbranched alkanes of at least 4 members (excludes halogenated alkanes) is 1. The lowest BCUT2D eigenvalue weighted by Crippen LogP contribution is -2.43. The van der Waals surface area contributed by atoms with Gasteiger partial charge in [-0.1, -0.05) is 13.3 Å². The van der Waals surface area contributed by atoms with Crippen LogP contribution in [0.1, 0.15) is 33.6 Å². The molecular formula is C9H20N2O2. The predicted molar refractivity (Wildman–Crippen MR) is 51.8 cm³/mol. The van der Waals surface area contributed by atoms with Crippen molar-refractivity contribution in [3.63, 3.8) is 0 Å². The third-order valence-electron chi connectivity index (χ3n) is 1.85. The Bertz CT molecular complexity index is 158. The van der Waals surface area contributed by atoms with Crippen LogP contribution in [0.4, 0.5) is 0 Å². The molecule has 0 fully saturated rings. The van der Waals surface area contributed by atoms with Crippen molar-refractivity contribution in [2.24, 2.45) is 11.3 Å². The zero-order chi connectivity index (χ0) is 10.3. The Balaban J connectivity index is 3.69. The third-order valence-corrected chi connectivity index (χ3v) is 1.85. The molecule has 3 N–H and O–H groups in total. The van der Waals surface area contributed by atoms with Crippen LogP contribution in [0.5, 0.6) is 0 Å². The Morgan fingerprint density at radius 2 is 2.15 bits per heavy atom. The Kier molecular flexibility index (Phi) is 5.66. The Labute approximate surface area is 79.8 Å². The second-order valence-corrected chi connectivity index (χ2v) is 3.76. The Hall–Kier alpha value is -0.610. The topological polar surface area (TPSA) is 64.3 Å². The number of carbonyl (C=O) groups is 1. The van der Waals surface area contributed by atoms with Crippen molar-refractivity contribution in [2.75, 3.05) is 13.2 Å². The molecule has 0 aliphatic heterocycles. The van der Waals surface area contributed by atoms with Crippen LogP contribution in [-0.4, -0.2) is 19.1 Å². The van der Waals surface area contributed by atoms with Crippen molar-refractivity contribution in [2.45, 2.75) is 33.6 Å². The average Bonchev–Trinajstić information content (AvgIpc) is 2.11. The standard InChI is InChI=1S/C9H20N2O2/c1-4-5-6-13-7-9(2,3)8(12)11-10/h4-7,10H2,1-3H3,(H,11,12). The summed E-state index contributed by atoms with van der Waals surface area (Å²) in [6.45, 7) is 6.83. The minimum Gasteiger partial charge on any atom is -0.380 e. The van der Waals surface area contributed by atoms with Crippen LogP contribution in [0.15, 0.2) is 0 Å². The van der Waals surface area contributed by atoms with Gasteiger partial charge in [-0.3, -0.25) is 10.2 Å². The van der Waals surface area contributed by atoms with Gasteiger partial charge in [0.2, 0.25) is 5.91 Å². The van der Waals surface area contributed by atoms with E-state index in [1.54, 1.807) is 13.8 Å². The molecule has 0 aliphatic carbocycles. The number of hydrazine groups is 1. The van der Waals surface area contributed by atoms with E-state index in [0.29, 0.717) is 13.2 Å². The van der Waals surface area contributed by atoms with E-state index in [1.165, 1.54) is 0 Å². The van der Waals surface area contributed by atoms with E-state index in [9.17, 15) is 4.79 Å². The average molecular weight is 188 g/mol. The van der Waals surface area contributed by atoms with Gasteiger partial charge in [0.25, 0.3) is 0 Å². The smallest absolute Gasteiger partial charge is 0.241 e. The molecule has 0 aromatic carbocycles. The molecule has 0 rings (SSSR count). The van der Waals surface area contributed by atoms with Gasteiger partial charge in [-0.05, 0) is 20.3 Å². The second-order valence-electron chi connectivity index (χ2n) is 3.76. The summed E-state index contributed by atoms with van der Waals surface area (Å²) < 4.78 is 5.35. The van der Waals surface area contributed by atoms with Crippen LogP contribution < -0.4 is 11.3 Å². The molecule has 13 heavy (non-hydrogen) atoms. The van der Waals surface area contributed by atoms with Crippen molar-refractivity contribution >= 4 is 5.91 Å². The summed E-state index contributed by atoms with van der Waals surface area (Å²) in [6, 6.07) is 0. The maximum Gasteiger partial charge on any atom is 0.241 e. The molecule has 78 valence electrons. The van der Waals surface area contributed by atoms with Crippen LogP contribution >= 0.6 is 0 Å². The van der Waals surface area contributed by atoms with Crippen molar-refractivity contribution in [1.82, 2.24) is 5.43 Å². The molecular weight excluding hydrogens is 168 g/mol. The summed E-state index contributed by atoms with van der Waals surface area (Å²) in [7, 11) is 0. The zero-order valence-electron chi connectivity index (χ0n) is 8.72. The summed E-state index contributed by atoms with van der Waals surface area (Å²) in [5, 5.41) is 0. The molecule has 0 heterocycles. The quantitative estimate of drug-likeness (QED) is 0.281. The number of ether oxygens (including phenoxy) is 1. The van der Waals surface area contributed by atoms with Crippen molar-refractivity contribution < 1.29 is 9.53 Å². The lowest BCUT2D eigenvalue weighted by atomic mass is 9.94. The molecule has 0 saturated carbocycles. The lowest BCUT2D eigenvalue weighted by molar-refractivity contribution is -0.132. The van der Waals surface area contributed by atoms with Gasteiger partial charge in [0.15, 0.2) is 0 Å². The third kappa shape index (κ3) is 4.85. The SMILES string of the molecule is CCCCOCC(C)(C)C(=O)NN. The molecule has 0 bridgehead atoms. The molecule has 0 aromatic rings. The highest BCUT2D eigenvalue weighted by Gasteiger charge is 2.26.